The maximum atomic E-state index is 14.2. The number of carbonyl (C=O) groups is 1. The molecule has 0 aromatic heterocycles. The van der Waals surface area contributed by atoms with Gasteiger partial charge in [-0.1, -0.05) is 24.3 Å². The zero-order valence-corrected chi connectivity index (χ0v) is 22.6. The summed E-state index contributed by atoms with van der Waals surface area (Å²) in [6.45, 7) is 2.75. The summed E-state index contributed by atoms with van der Waals surface area (Å²) in [6, 6.07) is 11.1. The minimum absolute atomic E-state index is 0.0184. The van der Waals surface area contributed by atoms with Gasteiger partial charge in [-0.3, -0.25) is 9.10 Å². The van der Waals surface area contributed by atoms with Gasteiger partial charge in [-0.15, -0.1) is 0 Å². The Labute approximate surface area is 233 Å². The minimum atomic E-state index is -4.71. The number of rotatable bonds is 4. The number of carboxylic acid groups (broad SMARTS) is 1. The first kappa shape index (κ1) is 30.3. The van der Waals surface area contributed by atoms with Crippen molar-refractivity contribution in [3.63, 3.8) is 0 Å². The largest absolute Gasteiger partial charge is 0.489 e. The Hall–Kier alpha value is -3.71. The number of anilines is 1. The Balaban J connectivity index is 0.000000328. The SMILES string of the molecule is CC1(C(=O)O)CCOCC1.O=S(=O)(c1cccc(C(F)(F)F)c1)N1CCOc2ccc(-c3cccc(F)c3F)cc21. The fraction of sp³-hybridized carbons (Fsp3) is 0.321. The second-order valence-electron chi connectivity index (χ2n) is 9.71. The molecule has 2 aliphatic heterocycles. The number of fused-ring (bicyclic) bond motifs is 1. The van der Waals surface area contributed by atoms with Gasteiger partial charge in [-0.05, 0) is 61.7 Å². The molecule has 41 heavy (non-hydrogen) atoms. The second kappa shape index (κ2) is 11.6. The average Bonchev–Trinajstić information content (AvgIpc) is 2.94. The molecule has 0 unspecified atom stereocenters. The van der Waals surface area contributed by atoms with Crippen LogP contribution in [0.25, 0.3) is 11.1 Å². The Morgan fingerprint density at radius 1 is 0.976 bits per heavy atom. The first-order valence-corrected chi connectivity index (χ1v) is 13.9. The molecule has 3 aromatic rings. The molecule has 0 atom stereocenters. The van der Waals surface area contributed by atoms with Gasteiger partial charge in [0.25, 0.3) is 10.0 Å². The highest BCUT2D eigenvalue weighted by Crippen LogP contribution is 2.40. The number of ether oxygens (including phenoxy) is 2. The van der Waals surface area contributed by atoms with Crippen molar-refractivity contribution in [1.29, 1.82) is 0 Å². The molecule has 0 amide bonds. The molecule has 2 heterocycles. The Morgan fingerprint density at radius 2 is 1.66 bits per heavy atom. The third-order valence-electron chi connectivity index (χ3n) is 6.90. The lowest BCUT2D eigenvalue weighted by Crippen LogP contribution is -2.38. The van der Waals surface area contributed by atoms with Crippen LogP contribution in [0.5, 0.6) is 5.75 Å². The third kappa shape index (κ3) is 6.46. The van der Waals surface area contributed by atoms with Crippen LogP contribution in [0.2, 0.25) is 0 Å². The molecule has 3 aromatic carbocycles. The van der Waals surface area contributed by atoms with E-state index in [9.17, 15) is 35.2 Å². The molecule has 5 rings (SSSR count). The second-order valence-corrected chi connectivity index (χ2v) is 11.6. The summed E-state index contributed by atoms with van der Waals surface area (Å²) in [6.07, 6.45) is -3.43. The number of aliphatic carboxylic acids is 1. The van der Waals surface area contributed by atoms with Gasteiger partial charge >= 0.3 is 12.1 Å². The molecule has 0 saturated carbocycles. The maximum Gasteiger partial charge on any atom is 0.416 e. The lowest BCUT2D eigenvalue weighted by Gasteiger charge is -2.31. The standard InChI is InChI=1S/C21H14F5NO3S.C7H12O3/c22-17-6-2-5-16(20(17)23)13-7-8-19-18(11-13)27(9-10-30-19)31(28,29)15-4-1-3-14(12-15)21(24,25)26;1-7(6(8)9)2-4-10-5-3-7/h1-8,11-12H,9-10H2;2-5H2,1H3,(H,8,9). The fourth-order valence-electron chi connectivity index (χ4n) is 4.33. The van der Waals surface area contributed by atoms with E-state index in [-0.39, 0.29) is 35.7 Å². The zero-order chi connectivity index (χ0) is 30.0. The van der Waals surface area contributed by atoms with Crippen molar-refractivity contribution in [2.75, 3.05) is 30.7 Å². The zero-order valence-electron chi connectivity index (χ0n) is 21.7. The summed E-state index contributed by atoms with van der Waals surface area (Å²) in [5.41, 5.74) is -1.52. The van der Waals surface area contributed by atoms with Crippen LogP contribution in [0.1, 0.15) is 25.3 Å². The van der Waals surface area contributed by atoms with Crippen molar-refractivity contribution in [2.24, 2.45) is 5.41 Å². The highest BCUT2D eigenvalue weighted by molar-refractivity contribution is 7.92. The van der Waals surface area contributed by atoms with E-state index in [0.717, 1.165) is 28.6 Å². The van der Waals surface area contributed by atoms with E-state index < -0.39 is 49.7 Å². The van der Waals surface area contributed by atoms with Crippen LogP contribution < -0.4 is 9.04 Å². The van der Waals surface area contributed by atoms with Crippen LogP contribution in [0, 0.1) is 17.0 Å². The lowest BCUT2D eigenvalue weighted by atomic mass is 9.83. The summed E-state index contributed by atoms with van der Waals surface area (Å²) in [5.74, 6) is -2.72. The van der Waals surface area contributed by atoms with Gasteiger partial charge in [0.2, 0.25) is 0 Å². The molecule has 0 radical (unpaired) electrons. The van der Waals surface area contributed by atoms with Crippen LogP contribution in [-0.4, -0.2) is 45.9 Å². The van der Waals surface area contributed by atoms with Gasteiger partial charge in [0.1, 0.15) is 12.4 Å². The summed E-state index contributed by atoms with van der Waals surface area (Å²) in [4.78, 5) is 10.1. The molecule has 0 spiro atoms. The molecule has 1 fully saturated rings. The van der Waals surface area contributed by atoms with Crippen LogP contribution in [0.4, 0.5) is 27.6 Å². The molecule has 13 heteroatoms. The number of sulfonamides is 1. The molecule has 7 nitrogen and oxygen atoms in total. The highest BCUT2D eigenvalue weighted by Gasteiger charge is 2.36. The van der Waals surface area contributed by atoms with Crippen molar-refractivity contribution >= 4 is 21.7 Å². The molecule has 2 aliphatic rings. The maximum absolute atomic E-state index is 14.2. The Kier molecular flexibility index (Phi) is 8.59. The summed E-state index contributed by atoms with van der Waals surface area (Å²) in [7, 11) is -4.39. The minimum Gasteiger partial charge on any atom is -0.489 e. The summed E-state index contributed by atoms with van der Waals surface area (Å²) in [5, 5.41) is 8.74. The molecule has 1 N–H and O–H groups in total. The number of carboxylic acids is 1. The molecular weight excluding hydrogens is 573 g/mol. The van der Waals surface area contributed by atoms with E-state index >= 15 is 0 Å². The van der Waals surface area contributed by atoms with E-state index in [2.05, 4.69) is 0 Å². The van der Waals surface area contributed by atoms with Crippen LogP contribution in [0.3, 0.4) is 0 Å². The number of hydrogen-bond donors (Lipinski definition) is 1. The topological polar surface area (TPSA) is 93.1 Å². The van der Waals surface area contributed by atoms with Gasteiger partial charge in [0.15, 0.2) is 11.6 Å². The van der Waals surface area contributed by atoms with Gasteiger partial charge in [-0.25, -0.2) is 17.2 Å². The van der Waals surface area contributed by atoms with Crippen molar-refractivity contribution < 1.29 is 49.7 Å². The van der Waals surface area contributed by atoms with Crippen LogP contribution in [-0.2, 0) is 25.7 Å². The number of halogens is 5. The predicted molar refractivity (Wildman–Crippen MR) is 139 cm³/mol. The van der Waals surface area contributed by atoms with Crippen LogP contribution in [0.15, 0.2) is 65.6 Å². The lowest BCUT2D eigenvalue weighted by molar-refractivity contribution is -0.153. The van der Waals surface area contributed by atoms with E-state index in [1.165, 1.54) is 30.3 Å². The Bertz CT molecular complexity index is 1540. The normalized spacial score (nSPS) is 16.6. The predicted octanol–water partition coefficient (Wildman–Crippen LogP) is 6.13. The van der Waals surface area contributed by atoms with Crippen LogP contribution >= 0.6 is 0 Å². The third-order valence-corrected chi connectivity index (χ3v) is 8.71. The van der Waals surface area contributed by atoms with Crippen molar-refractivity contribution in [2.45, 2.75) is 30.8 Å². The molecule has 1 saturated heterocycles. The van der Waals surface area contributed by atoms with Gasteiger partial charge < -0.3 is 14.6 Å². The molecule has 0 aliphatic carbocycles. The van der Waals surface area contributed by atoms with E-state index in [4.69, 9.17) is 14.6 Å². The highest BCUT2D eigenvalue weighted by atomic mass is 32.2. The number of benzene rings is 3. The van der Waals surface area contributed by atoms with Crippen molar-refractivity contribution in [3.8, 4) is 16.9 Å². The van der Waals surface area contributed by atoms with E-state index in [0.29, 0.717) is 32.1 Å². The smallest absolute Gasteiger partial charge is 0.416 e. The van der Waals surface area contributed by atoms with Crippen molar-refractivity contribution in [1.82, 2.24) is 0 Å². The Morgan fingerprint density at radius 3 is 2.29 bits per heavy atom. The quantitative estimate of drug-likeness (QED) is 0.363. The summed E-state index contributed by atoms with van der Waals surface area (Å²) >= 11 is 0. The van der Waals surface area contributed by atoms with E-state index in [1.54, 1.807) is 6.92 Å². The van der Waals surface area contributed by atoms with Gasteiger partial charge in [0, 0.05) is 18.8 Å². The molecule has 0 bridgehead atoms. The average molecular weight is 600 g/mol. The van der Waals surface area contributed by atoms with Crippen molar-refractivity contribution in [3.05, 3.63) is 77.9 Å². The first-order chi connectivity index (χ1) is 19.2. The number of nitrogens with zero attached hydrogens (tertiary/aromatic N) is 1. The fourth-order valence-corrected chi connectivity index (χ4v) is 5.83. The van der Waals surface area contributed by atoms with Gasteiger partial charge in [-0.2, -0.15) is 13.2 Å². The van der Waals surface area contributed by atoms with Gasteiger partial charge in [0.05, 0.1) is 28.1 Å². The summed E-state index contributed by atoms with van der Waals surface area (Å²) < 4.78 is 105. The molecular formula is C28H26F5NO6S. The monoisotopic (exact) mass is 599 g/mol. The number of alkyl halides is 3. The van der Waals surface area contributed by atoms with E-state index in [1.807, 2.05) is 0 Å². The molecule has 220 valence electrons. The first-order valence-electron chi connectivity index (χ1n) is 12.5. The number of hydrogen-bond acceptors (Lipinski definition) is 5.